The zero-order chi connectivity index (χ0) is 95.3. The molecule has 6 fully saturated rings. The highest BCUT2D eigenvalue weighted by Gasteiger charge is 2.50. The van der Waals surface area contributed by atoms with E-state index in [0.717, 1.165) is 96.3 Å². The third-order valence-corrected chi connectivity index (χ3v) is 19.7. The van der Waals surface area contributed by atoms with Crippen LogP contribution >= 0.6 is 0 Å². The van der Waals surface area contributed by atoms with Crippen molar-refractivity contribution in [2.45, 2.75) is 221 Å². The Hall–Kier alpha value is -11.1. The van der Waals surface area contributed by atoms with E-state index in [2.05, 4.69) is 102 Å². The molecule has 2 atom stereocenters. The number of nitrogens with zero attached hydrogens (tertiary/aromatic N) is 8. The molecule has 0 bridgehead atoms. The van der Waals surface area contributed by atoms with Crippen LogP contribution in [0.1, 0.15) is 174 Å². The molecule has 2 unspecified atom stereocenters. The number of hydrogen-bond acceptors (Lipinski definition) is 24. The summed E-state index contributed by atoms with van der Waals surface area (Å²) in [4.78, 5) is 173. The monoisotopic (exact) mass is 1740 g/mol. The van der Waals surface area contributed by atoms with E-state index in [0.29, 0.717) is 113 Å². The average Bonchev–Trinajstić information content (AvgIpc) is 0.765. The van der Waals surface area contributed by atoms with E-state index in [1.165, 1.54) is 55.4 Å². The van der Waals surface area contributed by atoms with Crippen molar-refractivity contribution in [1.82, 2.24) is 39.2 Å². The number of hydrogen-bond donors (Lipinski definition) is 0. The van der Waals surface area contributed by atoms with Crippen molar-refractivity contribution < 1.29 is 105 Å². The fourth-order valence-electron chi connectivity index (χ4n) is 13.7. The second-order valence-corrected chi connectivity index (χ2v) is 32.2. The highest BCUT2D eigenvalue weighted by molar-refractivity contribution is 5.92. The van der Waals surface area contributed by atoms with Crippen LogP contribution in [0, 0.1) is 0 Å². The van der Waals surface area contributed by atoms with Crippen LogP contribution < -0.4 is 0 Å². The Morgan fingerprint density at radius 1 is 0.315 bits per heavy atom. The Morgan fingerprint density at radius 3 is 0.903 bits per heavy atom. The fourth-order valence-corrected chi connectivity index (χ4v) is 13.7. The molecule has 6 heterocycles. The summed E-state index contributed by atoms with van der Waals surface area (Å²) < 4.78 is 40.3. The van der Waals surface area contributed by atoms with Crippen molar-refractivity contribution in [2.75, 3.05) is 118 Å². The van der Waals surface area contributed by atoms with Gasteiger partial charge in [0.25, 0.3) is 0 Å². The molecule has 30 nitrogen and oxygen atoms in total. The summed E-state index contributed by atoms with van der Waals surface area (Å²) in [6.45, 7) is 85.9. The number of ether oxygens (including phenoxy) is 8. The molecule has 0 spiro atoms. The first-order valence-electron chi connectivity index (χ1n) is 41.7. The summed E-state index contributed by atoms with van der Waals surface area (Å²) in [6, 6.07) is 0. The lowest BCUT2D eigenvalue weighted by Gasteiger charge is -2.54. The molecule has 6 saturated heterocycles. The molecule has 6 rings (SSSR count). The minimum absolute atomic E-state index is 0.0247. The van der Waals surface area contributed by atoms with Gasteiger partial charge >= 0.3 is 47.8 Å². The molecule has 0 aromatic heterocycles. The normalized spacial score (nSPS) is 17.0. The van der Waals surface area contributed by atoms with Crippen molar-refractivity contribution >= 4 is 83.2 Å². The Labute approximate surface area is 737 Å². The van der Waals surface area contributed by atoms with E-state index in [1.807, 2.05) is 88.8 Å². The van der Waals surface area contributed by atoms with Gasteiger partial charge in [-0.1, -0.05) is 106 Å². The van der Waals surface area contributed by atoms with Crippen LogP contribution in [0.3, 0.4) is 0 Å². The fraction of sp³-hybridized carbons (Fsp3) is 0.553. The van der Waals surface area contributed by atoms with Crippen molar-refractivity contribution in [3.63, 3.8) is 0 Å². The molecule has 6 aliphatic rings. The van der Waals surface area contributed by atoms with E-state index in [-0.39, 0.29) is 83.9 Å². The van der Waals surface area contributed by atoms with Gasteiger partial charge in [0.1, 0.15) is 50.8 Å². The van der Waals surface area contributed by atoms with E-state index >= 15 is 0 Å². The largest absolute Gasteiger partial charge is 0.461 e. The maximum absolute atomic E-state index is 12.1. The highest BCUT2D eigenvalue weighted by Crippen LogP contribution is 2.41. The molecule has 0 N–H and O–H groups in total. The van der Waals surface area contributed by atoms with Crippen LogP contribution in [0.25, 0.3) is 0 Å². The minimum atomic E-state index is -0.530. The van der Waals surface area contributed by atoms with Gasteiger partial charge in [-0.25, -0.2) is 38.4 Å². The van der Waals surface area contributed by atoms with Crippen LogP contribution in [-0.4, -0.2) is 287 Å². The van der Waals surface area contributed by atoms with Crippen molar-refractivity contribution in [1.29, 1.82) is 0 Å². The highest BCUT2D eigenvalue weighted by atomic mass is 16.6. The molecule has 6 amide bonds. The third-order valence-electron chi connectivity index (χ3n) is 19.7. The van der Waals surface area contributed by atoms with Crippen molar-refractivity contribution in [3.05, 3.63) is 175 Å². The summed E-state index contributed by atoms with van der Waals surface area (Å²) >= 11 is 0. The van der Waals surface area contributed by atoms with Crippen molar-refractivity contribution in [2.24, 2.45) is 0 Å². The van der Waals surface area contributed by atoms with Crippen LogP contribution in [-0.2, 0) is 105 Å². The maximum Gasteiger partial charge on any atom is 0.333 e. The van der Waals surface area contributed by atoms with Crippen LogP contribution in [0.2, 0.25) is 0 Å². The topological polar surface area (TPSA) is 339 Å². The van der Waals surface area contributed by atoms with Gasteiger partial charge < -0.3 is 67.3 Å². The minimum Gasteiger partial charge on any atom is -0.461 e. The van der Waals surface area contributed by atoms with E-state index < -0.39 is 59.1 Å². The van der Waals surface area contributed by atoms with Crippen LogP contribution in [0.15, 0.2) is 175 Å². The average molecular weight is 1740 g/mol. The molecule has 0 radical (unpaired) electrons. The number of rotatable bonds is 30. The van der Waals surface area contributed by atoms with Gasteiger partial charge in [-0.3, -0.25) is 38.6 Å². The van der Waals surface area contributed by atoms with Gasteiger partial charge in [0.05, 0.1) is 0 Å². The molecule has 0 aliphatic carbocycles. The number of likely N-dealkylation sites (tertiary alicyclic amines) is 4. The standard InChI is InChI=1S/C16H25NO3.C15H23NO3.C13H20N2O3.C12H18N2O3.C12H18O4.C10H14O4.2C8H13NO/c1-8-13(18)17-15(4,5)9-12(10-16(17,6)7)20-14(19)11(2)3;1-7-12(17)16-14(3,4)9-11(10-15(16,5)6)19-13(18)8-2;1-4-12(16)15-7-5-14(6-8-15)9-10-18-13(17)11(2)3;1-3-11(15)14-7-5-13(6-8-14)9-10-17-12(16)4-2;1-6-10(16-12(14)9(4)5)7-15-11(13)8(2)3;1-4-8(14-10(12)6-3)7-13-9(11)5-2;2*1-2-8(10)9-6-4-3-5-7-9/h8,12H,1-2,9-10H2,3-7H3;7-8,11H,1-2,9-10H2,3-6H3;4H,1-2,5-10H2,3H3;3-4H,1-2,5-10H2;10H,2,4,6-7H2,1,3,5H3;5-6,8H,2-4,7H2,1H3;2*2H,1,3-7H2. The number of carbonyl (C=O) groups excluding carboxylic acids is 14. The molecule has 0 saturated carbocycles. The third kappa shape index (κ3) is 45.8. The van der Waals surface area contributed by atoms with Crippen molar-refractivity contribution in [3.8, 4) is 0 Å². The molecule has 0 aromatic rings. The SMILES string of the molecule is C=C(C)C(=O)OCC(CC)OC(=O)C(=C)C.C=CC(=O)N1C(C)(C)CC(OC(=O)C(=C)C)CC1(C)C.C=CC(=O)N1CCCCC1.C=CC(=O)N1CCCCC1.C=CC(=O)N1CCN(CCOC(=O)C(=C)C)CC1.C=CC(=O)OC1CC(C)(C)N(C(=O)C=C)C(C)(C)C1.C=CC(=O)OCC(CC)OC(=O)C=C.C=CC(=O)OCCN1CCN(C(=O)C=C)CC1. The lowest BCUT2D eigenvalue weighted by Crippen LogP contribution is -2.64. The second-order valence-electron chi connectivity index (χ2n) is 32.2. The smallest absolute Gasteiger partial charge is 0.333 e. The van der Waals surface area contributed by atoms with Gasteiger partial charge in [0.15, 0.2) is 0 Å². The summed E-state index contributed by atoms with van der Waals surface area (Å²) in [6.07, 6.45) is 22.0. The van der Waals surface area contributed by atoms with E-state index in [4.69, 9.17) is 37.9 Å². The number of piperazine rings is 2. The maximum atomic E-state index is 12.1. The zero-order valence-electron chi connectivity index (χ0n) is 76.8. The summed E-state index contributed by atoms with van der Waals surface area (Å²) in [5.41, 5.74) is -0.120. The zero-order valence-corrected chi connectivity index (χ0v) is 76.8. The predicted molar refractivity (Wildman–Crippen MR) is 481 cm³/mol. The molecular weight excluding hydrogens is 1590 g/mol. The lowest BCUT2D eigenvalue weighted by molar-refractivity contribution is -0.164. The Balaban J connectivity index is 0. The van der Waals surface area contributed by atoms with Gasteiger partial charge in [0, 0.05) is 186 Å². The number of piperidine rings is 4. The van der Waals surface area contributed by atoms with Gasteiger partial charge in [-0.2, -0.15) is 0 Å². The molecule has 6 aliphatic heterocycles. The Morgan fingerprint density at radius 2 is 0.597 bits per heavy atom. The molecule has 0 aromatic carbocycles. The molecule has 692 valence electrons. The van der Waals surface area contributed by atoms with E-state index in [1.54, 1.807) is 37.5 Å². The van der Waals surface area contributed by atoms with Gasteiger partial charge in [-0.05, 0) is 171 Å². The van der Waals surface area contributed by atoms with Gasteiger partial charge in [0.2, 0.25) is 35.4 Å². The Bertz CT molecular complexity index is 3640. The first-order chi connectivity index (χ1) is 58.1. The lowest BCUT2D eigenvalue weighted by atomic mass is 9.78. The quantitative estimate of drug-likeness (QED) is 0.0366. The summed E-state index contributed by atoms with van der Waals surface area (Å²) in [5, 5.41) is 0. The summed E-state index contributed by atoms with van der Waals surface area (Å²) in [7, 11) is 0. The van der Waals surface area contributed by atoms with Gasteiger partial charge in [-0.15, -0.1) is 0 Å². The predicted octanol–water partition coefficient (Wildman–Crippen LogP) is 11.4. The summed E-state index contributed by atoms with van der Waals surface area (Å²) in [5.74, 6) is -3.61. The second kappa shape index (κ2) is 60.4. The molecular formula is C94H144N8O22. The number of amides is 6. The van der Waals surface area contributed by atoms with Crippen LogP contribution in [0.4, 0.5) is 0 Å². The Kier molecular flexibility index (Phi) is 56.0. The first kappa shape index (κ1) is 115. The molecule has 124 heavy (non-hydrogen) atoms. The molecule has 30 heteroatoms. The van der Waals surface area contributed by atoms with E-state index in [9.17, 15) is 67.1 Å². The first-order valence-corrected chi connectivity index (χ1v) is 41.7. The number of carbonyl (C=O) groups is 14. The number of esters is 8. The van der Waals surface area contributed by atoms with Crippen LogP contribution in [0.5, 0.6) is 0 Å².